The van der Waals surface area contributed by atoms with Crippen LogP contribution in [0.2, 0.25) is 0 Å². The zero-order chi connectivity index (χ0) is 19.0. The Morgan fingerprint density at radius 2 is 1.93 bits per heavy atom. The first kappa shape index (κ1) is 17.9. The monoisotopic (exact) mass is 428 g/mol. The summed E-state index contributed by atoms with van der Waals surface area (Å²) in [5.74, 6) is -0.952. The first-order chi connectivity index (χ1) is 13.0. The molecule has 2 heterocycles. The van der Waals surface area contributed by atoms with Crippen molar-refractivity contribution in [1.82, 2.24) is 4.90 Å². The van der Waals surface area contributed by atoms with Crippen LogP contribution in [0.5, 0.6) is 0 Å². The summed E-state index contributed by atoms with van der Waals surface area (Å²) < 4.78 is 6.22. The molecule has 6 nitrogen and oxygen atoms in total. The maximum absolute atomic E-state index is 12.7. The number of ether oxygens (including phenoxy) is 1. The Labute approximate surface area is 164 Å². The number of carbonyl (C=O) groups is 3. The molecule has 0 aromatic heterocycles. The van der Waals surface area contributed by atoms with Crippen molar-refractivity contribution in [1.29, 1.82) is 0 Å². The highest BCUT2D eigenvalue weighted by molar-refractivity contribution is 9.10. The molecule has 2 aliphatic rings. The first-order valence-electron chi connectivity index (χ1n) is 8.72. The lowest BCUT2D eigenvalue weighted by molar-refractivity contribution is 0.0475. The van der Waals surface area contributed by atoms with E-state index in [2.05, 4.69) is 21.2 Å². The van der Waals surface area contributed by atoms with Gasteiger partial charge in [0.15, 0.2) is 0 Å². The number of benzene rings is 2. The summed E-state index contributed by atoms with van der Waals surface area (Å²) in [4.78, 5) is 38.9. The second-order valence-electron chi connectivity index (χ2n) is 6.55. The summed E-state index contributed by atoms with van der Waals surface area (Å²) in [6.07, 6.45) is 1.70. The predicted octanol–water partition coefficient (Wildman–Crippen LogP) is 3.48. The van der Waals surface area contributed by atoms with Crippen molar-refractivity contribution >= 4 is 39.3 Å². The van der Waals surface area contributed by atoms with E-state index in [1.165, 1.54) is 4.90 Å². The van der Waals surface area contributed by atoms with Gasteiger partial charge in [-0.15, -0.1) is 0 Å². The van der Waals surface area contributed by atoms with Crippen molar-refractivity contribution in [3.8, 4) is 0 Å². The Hall–Kier alpha value is -2.51. The Balaban J connectivity index is 1.54. The fourth-order valence-electron chi connectivity index (χ4n) is 3.37. The van der Waals surface area contributed by atoms with Crippen LogP contribution in [0, 0.1) is 0 Å². The number of imide groups is 1. The SMILES string of the molecule is O=C(Nc1ccc2c(c1)C(=O)N(CC1CCCO1)C2=O)c1ccccc1Br. The van der Waals surface area contributed by atoms with Crippen LogP contribution in [0.25, 0.3) is 0 Å². The quantitative estimate of drug-likeness (QED) is 0.756. The molecule has 4 rings (SSSR count). The molecular formula is C20H17BrN2O4. The minimum absolute atomic E-state index is 0.0955. The van der Waals surface area contributed by atoms with Gasteiger partial charge >= 0.3 is 0 Å². The van der Waals surface area contributed by atoms with Gasteiger partial charge in [-0.1, -0.05) is 12.1 Å². The van der Waals surface area contributed by atoms with Crippen LogP contribution in [-0.4, -0.2) is 41.9 Å². The van der Waals surface area contributed by atoms with E-state index in [0.29, 0.717) is 33.5 Å². The lowest BCUT2D eigenvalue weighted by atomic mass is 10.1. The molecule has 0 spiro atoms. The Morgan fingerprint density at radius 1 is 1.15 bits per heavy atom. The second kappa shape index (κ2) is 7.25. The molecule has 1 N–H and O–H groups in total. The fourth-order valence-corrected chi connectivity index (χ4v) is 3.83. The standard InChI is InChI=1S/C20H17BrN2O4/c21-17-6-2-1-5-15(17)18(24)22-12-7-8-14-16(10-12)20(26)23(19(14)25)11-13-4-3-9-27-13/h1-2,5-8,10,13H,3-4,9,11H2,(H,22,24). The number of fused-ring (bicyclic) bond motifs is 1. The molecule has 0 aliphatic carbocycles. The van der Waals surface area contributed by atoms with Gasteiger partial charge in [0.2, 0.25) is 0 Å². The number of carbonyl (C=O) groups excluding carboxylic acids is 3. The molecule has 3 amide bonds. The van der Waals surface area contributed by atoms with Gasteiger partial charge in [0.05, 0.1) is 29.3 Å². The van der Waals surface area contributed by atoms with Gasteiger partial charge in [0, 0.05) is 16.8 Å². The van der Waals surface area contributed by atoms with Crippen molar-refractivity contribution in [3.05, 3.63) is 63.6 Å². The number of hydrogen-bond acceptors (Lipinski definition) is 4. The van der Waals surface area contributed by atoms with Gasteiger partial charge in [-0.05, 0) is 59.1 Å². The van der Waals surface area contributed by atoms with Crippen molar-refractivity contribution < 1.29 is 19.1 Å². The average Bonchev–Trinajstić information content (AvgIpc) is 3.25. The van der Waals surface area contributed by atoms with E-state index < -0.39 is 0 Å². The lowest BCUT2D eigenvalue weighted by Crippen LogP contribution is -2.36. The summed E-state index contributed by atoms with van der Waals surface area (Å²) in [6.45, 7) is 0.935. The first-order valence-corrected chi connectivity index (χ1v) is 9.51. The average molecular weight is 429 g/mol. The lowest BCUT2D eigenvalue weighted by Gasteiger charge is -2.17. The third-order valence-electron chi connectivity index (χ3n) is 4.76. The number of amides is 3. The topological polar surface area (TPSA) is 75.7 Å². The van der Waals surface area contributed by atoms with Crippen LogP contribution < -0.4 is 5.32 Å². The predicted molar refractivity (Wildman–Crippen MR) is 103 cm³/mol. The molecule has 2 aromatic rings. The Bertz CT molecular complexity index is 937. The largest absolute Gasteiger partial charge is 0.376 e. The van der Waals surface area contributed by atoms with Gasteiger partial charge in [0.25, 0.3) is 17.7 Å². The minimum Gasteiger partial charge on any atom is -0.376 e. The van der Waals surface area contributed by atoms with Crippen LogP contribution in [-0.2, 0) is 4.74 Å². The molecule has 1 atom stereocenters. The smallest absolute Gasteiger partial charge is 0.261 e. The van der Waals surface area contributed by atoms with Gasteiger partial charge in [-0.2, -0.15) is 0 Å². The van der Waals surface area contributed by atoms with Crippen LogP contribution in [0.1, 0.15) is 43.9 Å². The summed E-state index contributed by atoms with van der Waals surface area (Å²) in [5.41, 5.74) is 1.62. The number of rotatable bonds is 4. The number of nitrogens with one attached hydrogen (secondary N) is 1. The maximum atomic E-state index is 12.7. The van der Waals surface area contributed by atoms with Crippen LogP contribution >= 0.6 is 15.9 Å². The molecule has 2 aromatic carbocycles. The van der Waals surface area contributed by atoms with Gasteiger partial charge in [0.1, 0.15) is 0 Å². The number of nitrogens with zero attached hydrogens (tertiary/aromatic N) is 1. The van der Waals surface area contributed by atoms with Crippen LogP contribution in [0.3, 0.4) is 0 Å². The van der Waals surface area contributed by atoms with E-state index in [1.54, 1.807) is 36.4 Å². The zero-order valence-electron chi connectivity index (χ0n) is 14.4. The fraction of sp³-hybridized carbons (Fsp3) is 0.250. The second-order valence-corrected chi connectivity index (χ2v) is 7.40. The number of hydrogen-bond donors (Lipinski definition) is 1. The molecule has 138 valence electrons. The van der Waals surface area contributed by atoms with E-state index in [0.717, 1.165) is 12.8 Å². The maximum Gasteiger partial charge on any atom is 0.261 e. The Morgan fingerprint density at radius 3 is 2.67 bits per heavy atom. The zero-order valence-corrected chi connectivity index (χ0v) is 16.0. The van der Waals surface area contributed by atoms with Crippen molar-refractivity contribution in [3.63, 3.8) is 0 Å². The molecular weight excluding hydrogens is 412 g/mol. The van der Waals surface area contributed by atoms with E-state index in [4.69, 9.17) is 4.74 Å². The van der Waals surface area contributed by atoms with Crippen LogP contribution in [0.15, 0.2) is 46.9 Å². The highest BCUT2D eigenvalue weighted by atomic mass is 79.9. The summed E-state index contributed by atoms with van der Waals surface area (Å²) >= 11 is 3.35. The molecule has 0 radical (unpaired) electrons. The number of halogens is 1. The van der Waals surface area contributed by atoms with Crippen LogP contribution in [0.4, 0.5) is 5.69 Å². The normalized spacial score (nSPS) is 18.7. The third-order valence-corrected chi connectivity index (χ3v) is 5.45. The van der Waals surface area contributed by atoms with E-state index in [-0.39, 0.29) is 30.4 Å². The summed E-state index contributed by atoms with van der Waals surface area (Å²) in [5, 5.41) is 2.78. The third kappa shape index (κ3) is 3.40. The van der Waals surface area contributed by atoms with E-state index in [9.17, 15) is 14.4 Å². The molecule has 2 aliphatic heterocycles. The highest BCUT2D eigenvalue weighted by Gasteiger charge is 2.37. The van der Waals surface area contributed by atoms with Crippen molar-refractivity contribution in [2.75, 3.05) is 18.5 Å². The summed E-state index contributed by atoms with van der Waals surface area (Å²) in [7, 11) is 0. The number of anilines is 1. The van der Waals surface area contributed by atoms with E-state index in [1.807, 2.05) is 6.07 Å². The van der Waals surface area contributed by atoms with Gasteiger partial charge < -0.3 is 10.1 Å². The molecule has 1 fully saturated rings. The van der Waals surface area contributed by atoms with E-state index >= 15 is 0 Å². The molecule has 0 saturated carbocycles. The highest BCUT2D eigenvalue weighted by Crippen LogP contribution is 2.28. The van der Waals surface area contributed by atoms with Gasteiger partial charge in [-0.3, -0.25) is 19.3 Å². The summed E-state index contributed by atoms with van der Waals surface area (Å²) in [6, 6.07) is 11.8. The minimum atomic E-state index is -0.345. The molecule has 1 saturated heterocycles. The molecule has 27 heavy (non-hydrogen) atoms. The molecule has 0 bridgehead atoms. The van der Waals surface area contributed by atoms with Gasteiger partial charge in [-0.25, -0.2) is 0 Å². The molecule has 7 heteroatoms. The van der Waals surface area contributed by atoms with Crippen molar-refractivity contribution in [2.24, 2.45) is 0 Å². The Kier molecular flexibility index (Phi) is 4.80. The van der Waals surface area contributed by atoms with Crippen molar-refractivity contribution in [2.45, 2.75) is 18.9 Å². The molecule has 1 unspecified atom stereocenters.